The number of aliphatic hydroxyl groups excluding tert-OH is 2. The SMILES string of the molecule is CCCCCCCCCCCCCCCCCC[N+](C)(C)CCC[Si](O)(O)OCCC(COCCO)OCCO. The van der Waals surface area contributed by atoms with Crippen molar-refractivity contribution in [1.82, 2.24) is 0 Å². The third-order valence-corrected chi connectivity index (χ3v) is 9.31. The number of rotatable bonds is 32. The summed E-state index contributed by atoms with van der Waals surface area (Å²) in [5, 5.41) is 17.8. The summed E-state index contributed by atoms with van der Waals surface area (Å²) in [5.41, 5.74) is 0. The van der Waals surface area contributed by atoms with E-state index in [0.717, 1.165) is 24.0 Å². The van der Waals surface area contributed by atoms with Gasteiger partial charge < -0.3 is 38.2 Å². The minimum Gasteiger partial charge on any atom is -0.394 e. The number of nitrogens with zero attached hydrogens (tertiary/aromatic N) is 1. The maximum atomic E-state index is 10.4. The van der Waals surface area contributed by atoms with Crippen molar-refractivity contribution in [2.24, 2.45) is 0 Å². The Morgan fingerprint density at radius 1 is 0.625 bits per heavy atom. The molecule has 40 heavy (non-hydrogen) atoms. The molecule has 0 fully saturated rings. The van der Waals surface area contributed by atoms with Gasteiger partial charge in [0.1, 0.15) is 0 Å². The third kappa shape index (κ3) is 28.0. The molecule has 0 aromatic heterocycles. The molecule has 0 radical (unpaired) electrons. The lowest BCUT2D eigenvalue weighted by molar-refractivity contribution is -0.890. The predicted octanol–water partition coefficient (Wildman–Crippen LogP) is 5.43. The van der Waals surface area contributed by atoms with Gasteiger partial charge in [0.25, 0.3) is 0 Å². The van der Waals surface area contributed by atoms with Gasteiger partial charge in [0.2, 0.25) is 0 Å². The zero-order valence-corrected chi connectivity index (χ0v) is 27.6. The summed E-state index contributed by atoms with van der Waals surface area (Å²) in [6.45, 7) is 4.95. The summed E-state index contributed by atoms with van der Waals surface area (Å²) in [6.07, 6.45) is 22.9. The Kier molecular flexibility index (Phi) is 27.6. The molecule has 0 spiro atoms. The van der Waals surface area contributed by atoms with Gasteiger partial charge in [-0.25, -0.2) is 0 Å². The third-order valence-electron chi connectivity index (χ3n) is 7.64. The maximum absolute atomic E-state index is 10.4. The maximum Gasteiger partial charge on any atom is 0.495 e. The molecule has 1 atom stereocenters. The molecule has 0 aromatic rings. The van der Waals surface area contributed by atoms with Gasteiger partial charge in [0, 0.05) is 19.1 Å². The van der Waals surface area contributed by atoms with Crippen molar-refractivity contribution in [3.63, 3.8) is 0 Å². The van der Waals surface area contributed by atoms with Gasteiger partial charge in [-0.15, -0.1) is 0 Å². The monoisotopic (exact) mass is 594 g/mol. The van der Waals surface area contributed by atoms with Crippen LogP contribution < -0.4 is 0 Å². The van der Waals surface area contributed by atoms with E-state index in [2.05, 4.69) is 21.0 Å². The molecule has 0 aromatic carbocycles. The van der Waals surface area contributed by atoms with Crippen LogP contribution in [0.5, 0.6) is 0 Å². The Labute approximate surface area is 248 Å². The van der Waals surface area contributed by atoms with E-state index in [1.165, 1.54) is 103 Å². The van der Waals surface area contributed by atoms with Gasteiger partial charge in [0.15, 0.2) is 0 Å². The highest BCUT2D eigenvalue weighted by Gasteiger charge is 2.33. The minimum atomic E-state index is -3.71. The van der Waals surface area contributed by atoms with Gasteiger partial charge in [-0.05, 0) is 19.3 Å². The quantitative estimate of drug-likeness (QED) is 0.0467. The van der Waals surface area contributed by atoms with Crippen LogP contribution in [-0.4, -0.2) is 106 Å². The van der Waals surface area contributed by atoms with E-state index in [0.29, 0.717) is 6.42 Å². The molecule has 242 valence electrons. The van der Waals surface area contributed by atoms with Crippen LogP contribution in [0.1, 0.15) is 122 Å². The molecular weight excluding hydrogens is 526 g/mol. The summed E-state index contributed by atoms with van der Waals surface area (Å²) in [6, 6.07) is 0.289. The summed E-state index contributed by atoms with van der Waals surface area (Å²) < 4.78 is 17.1. The Morgan fingerprint density at radius 3 is 1.60 bits per heavy atom. The van der Waals surface area contributed by atoms with E-state index < -0.39 is 8.80 Å². The van der Waals surface area contributed by atoms with Gasteiger partial charge in [0.05, 0.1) is 66.3 Å². The molecular formula is C31H68NO7Si+. The Hall–Kier alpha value is -0.103. The van der Waals surface area contributed by atoms with Crippen LogP contribution in [0.4, 0.5) is 0 Å². The smallest absolute Gasteiger partial charge is 0.394 e. The summed E-state index contributed by atoms with van der Waals surface area (Å²) >= 11 is 0. The standard InChI is InChI=1S/C31H68NO7Si/c1-4-5-6-7-8-9-10-11-12-13-14-15-16-17-18-19-22-32(2,3)23-20-29-40(35,36)39-26-21-31(38-28-25-34)30-37-27-24-33/h31,33-36H,4-30H2,1-3H3/q+1. The fraction of sp³-hybridized carbons (Fsp3) is 1.00. The fourth-order valence-corrected chi connectivity index (χ4v) is 6.28. The normalized spacial score (nSPS) is 13.3. The number of quaternary nitrogens is 1. The second kappa shape index (κ2) is 27.7. The molecule has 4 N–H and O–H groups in total. The minimum absolute atomic E-state index is 0.0686. The highest BCUT2D eigenvalue weighted by Crippen LogP contribution is 2.16. The first-order valence-electron chi connectivity index (χ1n) is 16.6. The molecule has 0 aliphatic heterocycles. The molecule has 9 heteroatoms. The molecule has 0 heterocycles. The molecule has 0 saturated carbocycles. The first-order valence-corrected chi connectivity index (χ1v) is 18.6. The lowest BCUT2D eigenvalue weighted by atomic mass is 10.0. The Bertz CT molecular complexity index is 526. The Balaban J connectivity index is 3.75. The van der Waals surface area contributed by atoms with Gasteiger partial charge in [-0.1, -0.05) is 96.8 Å². The number of hydrogen-bond donors (Lipinski definition) is 4. The topological polar surface area (TPSA) is 109 Å². The molecule has 0 bridgehead atoms. The van der Waals surface area contributed by atoms with Crippen LogP contribution in [-0.2, 0) is 13.9 Å². The first-order chi connectivity index (χ1) is 19.3. The van der Waals surface area contributed by atoms with Gasteiger partial charge >= 0.3 is 8.80 Å². The van der Waals surface area contributed by atoms with Crippen molar-refractivity contribution in [2.75, 3.05) is 66.8 Å². The molecule has 1 unspecified atom stereocenters. The van der Waals surface area contributed by atoms with E-state index in [4.69, 9.17) is 24.1 Å². The van der Waals surface area contributed by atoms with Crippen LogP contribution in [0.3, 0.4) is 0 Å². The molecule has 0 saturated heterocycles. The largest absolute Gasteiger partial charge is 0.495 e. The number of unbranched alkanes of at least 4 members (excludes halogenated alkanes) is 15. The first kappa shape index (κ1) is 39.9. The van der Waals surface area contributed by atoms with E-state index in [-0.39, 0.29) is 51.8 Å². The Morgan fingerprint density at radius 2 is 1.10 bits per heavy atom. The average Bonchev–Trinajstić information content (AvgIpc) is 2.91. The van der Waals surface area contributed by atoms with Crippen LogP contribution in [0.15, 0.2) is 0 Å². The second-order valence-corrected chi connectivity index (χ2v) is 14.5. The van der Waals surface area contributed by atoms with E-state index >= 15 is 0 Å². The average molecular weight is 595 g/mol. The van der Waals surface area contributed by atoms with Crippen molar-refractivity contribution in [3.05, 3.63) is 0 Å². The lowest BCUT2D eigenvalue weighted by Crippen LogP contribution is -2.44. The number of ether oxygens (including phenoxy) is 2. The van der Waals surface area contributed by atoms with Crippen LogP contribution in [0.2, 0.25) is 6.04 Å². The lowest BCUT2D eigenvalue weighted by Gasteiger charge is -2.30. The molecule has 8 nitrogen and oxygen atoms in total. The van der Waals surface area contributed by atoms with Crippen molar-refractivity contribution < 1.29 is 38.2 Å². The van der Waals surface area contributed by atoms with Crippen molar-refractivity contribution in [1.29, 1.82) is 0 Å². The van der Waals surface area contributed by atoms with Gasteiger partial charge in [-0.2, -0.15) is 0 Å². The summed E-state index contributed by atoms with van der Waals surface area (Å²) in [7, 11) is 0.732. The van der Waals surface area contributed by atoms with E-state index in [9.17, 15) is 9.59 Å². The molecule has 0 amide bonds. The van der Waals surface area contributed by atoms with Gasteiger partial charge in [-0.3, -0.25) is 0 Å². The van der Waals surface area contributed by atoms with Crippen molar-refractivity contribution >= 4 is 8.80 Å². The fourth-order valence-electron chi connectivity index (χ4n) is 5.08. The molecule has 0 rings (SSSR count). The van der Waals surface area contributed by atoms with Crippen LogP contribution in [0.25, 0.3) is 0 Å². The van der Waals surface area contributed by atoms with Crippen molar-refractivity contribution in [3.8, 4) is 0 Å². The van der Waals surface area contributed by atoms with Crippen LogP contribution in [0, 0.1) is 0 Å². The highest BCUT2D eigenvalue weighted by atomic mass is 28.4. The molecule has 0 aliphatic carbocycles. The van der Waals surface area contributed by atoms with E-state index in [1.54, 1.807) is 0 Å². The zero-order chi connectivity index (χ0) is 29.8. The molecule has 0 aliphatic rings. The number of hydrogen-bond acceptors (Lipinski definition) is 7. The number of aliphatic hydroxyl groups is 2. The second-order valence-electron chi connectivity index (χ2n) is 12.2. The van der Waals surface area contributed by atoms with Crippen LogP contribution >= 0.6 is 0 Å². The van der Waals surface area contributed by atoms with Crippen molar-refractivity contribution in [2.45, 2.75) is 135 Å². The highest BCUT2D eigenvalue weighted by molar-refractivity contribution is 6.57. The predicted molar refractivity (Wildman–Crippen MR) is 166 cm³/mol. The zero-order valence-electron chi connectivity index (χ0n) is 26.6. The summed E-state index contributed by atoms with van der Waals surface area (Å²) in [4.78, 5) is 20.7. The summed E-state index contributed by atoms with van der Waals surface area (Å²) in [5.74, 6) is 0. The van der Waals surface area contributed by atoms with E-state index in [1.807, 2.05) is 0 Å².